The van der Waals surface area contributed by atoms with Crippen LogP contribution >= 0.6 is 0 Å². The van der Waals surface area contributed by atoms with E-state index in [9.17, 15) is 0 Å². The number of para-hydroxylation sites is 2. The van der Waals surface area contributed by atoms with Crippen LogP contribution in [0.4, 0.5) is 17.1 Å². The third kappa shape index (κ3) is 4.37. The molecule has 3 nitrogen and oxygen atoms in total. The number of rotatable bonds is 5. The highest BCUT2D eigenvalue weighted by molar-refractivity contribution is 6.19. The van der Waals surface area contributed by atoms with Gasteiger partial charge in [0.15, 0.2) is 0 Å². The average Bonchev–Trinajstić information content (AvgIpc) is 3.72. The largest absolute Gasteiger partial charge is 0.455 e. The SMILES string of the molecule is c1ccc(-c2cccc(N(c3cccc(-n4c5ccccc5c5ccccc54)c3)c3cccc4oc5c6ccccc6ccc5c34)c2)cc1. The molecule has 8 aromatic carbocycles. The molecule has 0 aliphatic heterocycles. The van der Waals surface area contributed by atoms with Crippen molar-refractivity contribution in [3.8, 4) is 16.8 Å². The second kappa shape index (κ2) is 11.0. The summed E-state index contributed by atoms with van der Waals surface area (Å²) in [6, 6.07) is 64.9. The van der Waals surface area contributed by atoms with Crippen LogP contribution in [0.15, 0.2) is 186 Å². The van der Waals surface area contributed by atoms with Crippen LogP contribution in [0.25, 0.3) is 71.3 Å². The zero-order valence-electron chi connectivity index (χ0n) is 26.6. The van der Waals surface area contributed by atoms with E-state index in [2.05, 4.69) is 191 Å². The first-order valence-corrected chi connectivity index (χ1v) is 16.7. The van der Waals surface area contributed by atoms with Gasteiger partial charge in [-0.05, 0) is 77.2 Å². The Kier molecular flexibility index (Phi) is 6.18. The number of hydrogen-bond donors (Lipinski definition) is 0. The molecule has 0 spiro atoms. The third-order valence-electron chi connectivity index (χ3n) is 9.74. The van der Waals surface area contributed by atoms with Crippen LogP contribution in [0, 0.1) is 0 Å². The summed E-state index contributed by atoms with van der Waals surface area (Å²) < 4.78 is 9.05. The lowest BCUT2D eigenvalue weighted by Crippen LogP contribution is -2.11. The van der Waals surface area contributed by atoms with Crippen molar-refractivity contribution in [3.05, 3.63) is 182 Å². The van der Waals surface area contributed by atoms with E-state index in [4.69, 9.17) is 4.42 Å². The summed E-state index contributed by atoms with van der Waals surface area (Å²) in [5.74, 6) is 0. The number of anilines is 3. The molecular weight excluding hydrogens is 597 g/mol. The van der Waals surface area contributed by atoms with Gasteiger partial charge >= 0.3 is 0 Å². The summed E-state index contributed by atoms with van der Waals surface area (Å²) in [6.07, 6.45) is 0. The fourth-order valence-electron chi connectivity index (χ4n) is 7.58. The standard InChI is InChI=1S/C46H30N2O/c1-2-13-31(14-3-1)33-16-10-17-34(29-33)47(43-25-12-26-44-45(43)40-28-27-32-15-4-5-20-37(32)46(40)49-44)35-18-11-19-36(30-35)48-41-23-8-6-21-38(41)39-22-7-9-24-42(39)48/h1-30H. The highest BCUT2D eigenvalue weighted by Gasteiger charge is 2.22. The fraction of sp³-hybridized carbons (Fsp3) is 0. The summed E-state index contributed by atoms with van der Waals surface area (Å²) >= 11 is 0. The molecule has 0 radical (unpaired) electrons. The molecule has 3 heteroatoms. The molecule has 0 bridgehead atoms. The van der Waals surface area contributed by atoms with Crippen LogP contribution in [0.1, 0.15) is 0 Å². The van der Waals surface area contributed by atoms with Gasteiger partial charge in [-0.15, -0.1) is 0 Å². The molecular formula is C46H30N2O. The lowest BCUT2D eigenvalue weighted by atomic mass is 10.0. The quantitative estimate of drug-likeness (QED) is 0.190. The Labute approximate surface area is 283 Å². The Bertz CT molecular complexity index is 2790. The number of benzene rings is 8. The number of hydrogen-bond acceptors (Lipinski definition) is 2. The highest BCUT2D eigenvalue weighted by Crippen LogP contribution is 2.45. The molecule has 0 aliphatic rings. The molecule has 0 N–H and O–H groups in total. The molecule has 0 atom stereocenters. The Morgan fingerprint density at radius 2 is 1.06 bits per heavy atom. The Hall–Kier alpha value is -6.58. The van der Waals surface area contributed by atoms with Crippen LogP contribution in [0.2, 0.25) is 0 Å². The van der Waals surface area contributed by atoms with E-state index in [-0.39, 0.29) is 0 Å². The molecule has 2 aromatic heterocycles. The van der Waals surface area contributed by atoms with E-state index < -0.39 is 0 Å². The minimum Gasteiger partial charge on any atom is -0.455 e. The molecule has 2 heterocycles. The monoisotopic (exact) mass is 626 g/mol. The van der Waals surface area contributed by atoms with Gasteiger partial charge in [-0.3, -0.25) is 0 Å². The van der Waals surface area contributed by atoms with Gasteiger partial charge in [-0.2, -0.15) is 0 Å². The maximum atomic E-state index is 6.67. The minimum atomic E-state index is 0.867. The summed E-state index contributed by atoms with van der Waals surface area (Å²) in [5.41, 5.74) is 10.8. The molecule has 10 aromatic rings. The Balaban J connectivity index is 1.25. The molecule has 49 heavy (non-hydrogen) atoms. The second-order valence-electron chi connectivity index (χ2n) is 12.6. The van der Waals surface area contributed by atoms with Gasteiger partial charge in [0.1, 0.15) is 11.2 Å². The lowest BCUT2D eigenvalue weighted by molar-refractivity contribution is 0.672. The number of aromatic nitrogens is 1. The van der Waals surface area contributed by atoms with Gasteiger partial charge < -0.3 is 13.9 Å². The molecule has 0 amide bonds. The van der Waals surface area contributed by atoms with Crippen molar-refractivity contribution in [3.63, 3.8) is 0 Å². The van der Waals surface area contributed by atoms with Gasteiger partial charge in [-0.1, -0.05) is 121 Å². The highest BCUT2D eigenvalue weighted by atomic mass is 16.3. The lowest BCUT2D eigenvalue weighted by Gasteiger charge is -2.27. The molecule has 10 rings (SSSR count). The van der Waals surface area contributed by atoms with Crippen LogP contribution < -0.4 is 4.90 Å². The van der Waals surface area contributed by atoms with Crippen molar-refractivity contribution >= 4 is 71.6 Å². The predicted molar refractivity (Wildman–Crippen MR) is 206 cm³/mol. The normalized spacial score (nSPS) is 11.7. The molecule has 0 saturated heterocycles. The molecule has 0 aliphatic carbocycles. The maximum absolute atomic E-state index is 6.67. The first kappa shape index (κ1) is 27.5. The third-order valence-corrected chi connectivity index (χ3v) is 9.74. The fourth-order valence-corrected chi connectivity index (χ4v) is 7.58. The minimum absolute atomic E-state index is 0.867. The van der Waals surface area contributed by atoms with Crippen LogP contribution in [-0.2, 0) is 0 Å². The Morgan fingerprint density at radius 3 is 1.86 bits per heavy atom. The van der Waals surface area contributed by atoms with E-state index in [1.54, 1.807) is 0 Å². The zero-order chi connectivity index (χ0) is 32.3. The maximum Gasteiger partial charge on any atom is 0.143 e. The topological polar surface area (TPSA) is 21.3 Å². The number of fused-ring (bicyclic) bond motifs is 8. The van der Waals surface area contributed by atoms with Gasteiger partial charge in [-0.25, -0.2) is 0 Å². The first-order valence-electron chi connectivity index (χ1n) is 16.7. The van der Waals surface area contributed by atoms with Crippen molar-refractivity contribution < 1.29 is 4.42 Å². The van der Waals surface area contributed by atoms with E-state index >= 15 is 0 Å². The summed E-state index contributed by atoms with van der Waals surface area (Å²) in [6.45, 7) is 0. The number of furan rings is 1. The van der Waals surface area contributed by atoms with Crippen molar-refractivity contribution in [1.82, 2.24) is 4.57 Å². The van der Waals surface area contributed by atoms with Crippen molar-refractivity contribution in [1.29, 1.82) is 0 Å². The van der Waals surface area contributed by atoms with Gasteiger partial charge in [0, 0.05) is 38.6 Å². The molecule has 230 valence electrons. The summed E-state index contributed by atoms with van der Waals surface area (Å²) in [7, 11) is 0. The van der Waals surface area contributed by atoms with E-state index in [0.717, 1.165) is 55.6 Å². The average molecular weight is 627 g/mol. The Morgan fingerprint density at radius 1 is 0.429 bits per heavy atom. The van der Waals surface area contributed by atoms with E-state index in [0.29, 0.717) is 0 Å². The number of nitrogens with zero attached hydrogens (tertiary/aromatic N) is 2. The van der Waals surface area contributed by atoms with Gasteiger partial charge in [0.25, 0.3) is 0 Å². The first-order chi connectivity index (χ1) is 24.3. The van der Waals surface area contributed by atoms with E-state index in [1.165, 1.54) is 32.8 Å². The summed E-state index contributed by atoms with van der Waals surface area (Å²) in [5, 5.41) is 6.98. The molecule has 0 saturated carbocycles. The second-order valence-corrected chi connectivity index (χ2v) is 12.6. The summed E-state index contributed by atoms with van der Waals surface area (Å²) in [4.78, 5) is 2.39. The van der Waals surface area contributed by atoms with Crippen LogP contribution in [0.5, 0.6) is 0 Å². The predicted octanol–water partition coefficient (Wildman–Crippen LogP) is 13.0. The van der Waals surface area contributed by atoms with Crippen LogP contribution in [0.3, 0.4) is 0 Å². The smallest absolute Gasteiger partial charge is 0.143 e. The van der Waals surface area contributed by atoms with Gasteiger partial charge in [0.05, 0.1) is 22.1 Å². The van der Waals surface area contributed by atoms with E-state index in [1.807, 2.05) is 0 Å². The van der Waals surface area contributed by atoms with Crippen molar-refractivity contribution in [2.75, 3.05) is 4.90 Å². The zero-order valence-corrected chi connectivity index (χ0v) is 26.6. The van der Waals surface area contributed by atoms with Crippen molar-refractivity contribution in [2.45, 2.75) is 0 Å². The molecule has 0 fully saturated rings. The van der Waals surface area contributed by atoms with Gasteiger partial charge in [0.2, 0.25) is 0 Å². The molecule has 0 unspecified atom stereocenters. The van der Waals surface area contributed by atoms with Crippen LogP contribution in [-0.4, -0.2) is 4.57 Å². The van der Waals surface area contributed by atoms with Crippen molar-refractivity contribution in [2.24, 2.45) is 0 Å².